The molecule has 4 heteroatoms. The number of nitrogens with two attached hydrogens (primary N) is 1. The van der Waals surface area contributed by atoms with E-state index in [4.69, 9.17) is 5.73 Å². The van der Waals surface area contributed by atoms with Gasteiger partial charge in [-0.15, -0.1) is 0 Å². The van der Waals surface area contributed by atoms with Crippen molar-refractivity contribution in [3.05, 3.63) is 29.6 Å². The van der Waals surface area contributed by atoms with Crippen LogP contribution in [0.15, 0.2) is 23.2 Å². The van der Waals surface area contributed by atoms with E-state index in [0.29, 0.717) is 18.2 Å². The minimum atomic E-state index is -0.281. The molecule has 0 heterocycles. The van der Waals surface area contributed by atoms with Gasteiger partial charge in [-0.3, -0.25) is 4.99 Å². The Kier molecular flexibility index (Phi) is 3.45. The van der Waals surface area contributed by atoms with Crippen molar-refractivity contribution in [1.29, 1.82) is 0 Å². The van der Waals surface area contributed by atoms with Crippen LogP contribution in [0.5, 0.6) is 0 Å². The SMILES string of the molecule is CCN=C(N)Nc1cc(C)cc(F)c1. The highest BCUT2D eigenvalue weighted by atomic mass is 19.1. The van der Waals surface area contributed by atoms with E-state index in [2.05, 4.69) is 10.3 Å². The molecule has 1 aromatic rings. The largest absolute Gasteiger partial charge is 0.370 e. The van der Waals surface area contributed by atoms with E-state index in [9.17, 15) is 4.39 Å². The number of halogens is 1. The molecule has 0 aliphatic rings. The lowest BCUT2D eigenvalue weighted by Crippen LogP contribution is -2.22. The average Bonchev–Trinajstić information content (AvgIpc) is 2.01. The van der Waals surface area contributed by atoms with Crippen molar-refractivity contribution in [3.63, 3.8) is 0 Å². The quantitative estimate of drug-likeness (QED) is 0.559. The molecule has 3 N–H and O–H groups in total. The van der Waals surface area contributed by atoms with Gasteiger partial charge >= 0.3 is 0 Å². The molecule has 76 valence electrons. The van der Waals surface area contributed by atoms with E-state index in [-0.39, 0.29) is 5.82 Å². The second kappa shape index (κ2) is 4.60. The zero-order chi connectivity index (χ0) is 10.6. The normalized spacial score (nSPS) is 11.5. The van der Waals surface area contributed by atoms with Crippen molar-refractivity contribution in [2.75, 3.05) is 11.9 Å². The van der Waals surface area contributed by atoms with E-state index < -0.39 is 0 Å². The van der Waals surface area contributed by atoms with Crippen molar-refractivity contribution < 1.29 is 4.39 Å². The summed E-state index contributed by atoms with van der Waals surface area (Å²) in [5.41, 5.74) is 7.00. The molecule has 0 aliphatic heterocycles. The zero-order valence-corrected chi connectivity index (χ0v) is 8.34. The molecule has 1 aromatic carbocycles. The van der Waals surface area contributed by atoms with Crippen LogP contribution in [0.25, 0.3) is 0 Å². The van der Waals surface area contributed by atoms with Crippen LogP contribution in [-0.2, 0) is 0 Å². The highest BCUT2D eigenvalue weighted by molar-refractivity contribution is 5.92. The van der Waals surface area contributed by atoms with Crippen LogP contribution in [0.1, 0.15) is 12.5 Å². The molecule has 1 rings (SSSR count). The van der Waals surface area contributed by atoms with E-state index in [0.717, 1.165) is 5.56 Å². The van der Waals surface area contributed by atoms with Crippen LogP contribution in [0.2, 0.25) is 0 Å². The number of rotatable bonds is 2. The average molecular weight is 195 g/mol. The third-order valence-electron chi connectivity index (χ3n) is 1.64. The van der Waals surface area contributed by atoms with Gasteiger partial charge in [0.2, 0.25) is 0 Å². The van der Waals surface area contributed by atoms with Crippen molar-refractivity contribution in [2.45, 2.75) is 13.8 Å². The summed E-state index contributed by atoms with van der Waals surface area (Å²) >= 11 is 0. The fraction of sp³-hybridized carbons (Fsp3) is 0.300. The number of aliphatic imine (C=N–C) groups is 1. The Morgan fingerprint density at radius 3 is 2.79 bits per heavy atom. The molecule has 0 aliphatic carbocycles. The summed E-state index contributed by atoms with van der Waals surface area (Å²) in [6.45, 7) is 4.31. The molecule has 0 radical (unpaired) electrons. The number of nitrogens with zero attached hydrogens (tertiary/aromatic N) is 1. The Morgan fingerprint density at radius 2 is 2.21 bits per heavy atom. The molecule has 14 heavy (non-hydrogen) atoms. The highest BCUT2D eigenvalue weighted by Crippen LogP contribution is 2.12. The van der Waals surface area contributed by atoms with Gasteiger partial charge in [-0.25, -0.2) is 4.39 Å². The molecule has 0 spiro atoms. The summed E-state index contributed by atoms with van der Waals surface area (Å²) < 4.78 is 12.9. The Balaban J connectivity index is 2.81. The molecule has 0 bridgehead atoms. The standard InChI is InChI=1S/C10H14FN3/c1-3-13-10(12)14-9-5-7(2)4-8(11)6-9/h4-6H,3H2,1-2H3,(H3,12,13,14). The lowest BCUT2D eigenvalue weighted by Gasteiger charge is -2.06. The summed E-state index contributed by atoms with van der Waals surface area (Å²) in [7, 11) is 0. The third kappa shape index (κ3) is 3.05. The van der Waals surface area contributed by atoms with Crippen molar-refractivity contribution in [2.24, 2.45) is 10.7 Å². The van der Waals surface area contributed by atoms with Crippen LogP contribution in [0.3, 0.4) is 0 Å². The van der Waals surface area contributed by atoms with Crippen LogP contribution in [0.4, 0.5) is 10.1 Å². The predicted molar refractivity (Wildman–Crippen MR) is 56.9 cm³/mol. The van der Waals surface area contributed by atoms with Crippen molar-refractivity contribution in [3.8, 4) is 0 Å². The third-order valence-corrected chi connectivity index (χ3v) is 1.64. The fourth-order valence-electron chi connectivity index (χ4n) is 1.17. The van der Waals surface area contributed by atoms with Crippen molar-refractivity contribution >= 4 is 11.6 Å². The maximum absolute atomic E-state index is 12.9. The van der Waals surface area contributed by atoms with E-state index in [1.807, 2.05) is 13.8 Å². The molecular weight excluding hydrogens is 181 g/mol. The monoisotopic (exact) mass is 195 g/mol. The van der Waals surface area contributed by atoms with Crippen LogP contribution in [0, 0.1) is 12.7 Å². The minimum absolute atomic E-state index is 0.281. The molecular formula is C10H14FN3. The molecule has 0 aromatic heterocycles. The summed E-state index contributed by atoms with van der Waals surface area (Å²) in [5, 5.41) is 2.81. The lowest BCUT2D eigenvalue weighted by atomic mass is 10.2. The summed E-state index contributed by atoms with van der Waals surface area (Å²) in [6, 6.07) is 4.64. The van der Waals surface area contributed by atoms with E-state index in [1.165, 1.54) is 12.1 Å². The van der Waals surface area contributed by atoms with Gasteiger partial charge in [-0.05, 0) is 37.6 Å². The number of nitrogens with one attached hydrogen (secondary N) is 1. The van der Waals surface area contributed by atoms with Crippen LogP contribution >= 0.6 is 0 Å². The number of hydrogen-bond acceptors (Lipinski definition) is 1. The topological polar surface area (TPSA) is 50.4 Å². The number of anilines is 1. The molecule has 0 unspecified atom stereocenters. The zero-order valence-electron chi connectivity index (χ0n) is 8.34. The Bertz CT molecular complexity index is 327. The molecule has 0 saturated heterocycles. The molecule has 3 nitrogen and oxygen atoms in total. The molecule has 0 atom stereocenters. The Morgan fingerprint density at radius 1 is 1.50 bits per heavy atom. The van der Waals surface area contributed by atoms with Gasteiger partial charge in [0.05, 0.1) is 0 Å². The first kappa shape index (κ1) is 10.5. The smallest absolute Gasteiger partial charge is 0.193 e. The van der Waals surface area contributed by atoms with Crippen LogP contribution < -0.4 is 11.1 Å². The number of aryl methyl sites for hydroxylation is 1. The maximum atomic E-state index is 12.9. The molecule has 0 saturated carbocycles. The fourth-order valence-corrected chi connectivity index (χ4v) is 1.17. The van der Waals surface area contributed by atoms with E-state index >= 15 is 0 Å². The first-order valence-electron chi connectivity index (χ1n) is 4.46. The number of benzene rings is 1. The van der Waals surface area contributed by atoms with Gasteiger partial charge in [0.25, 0.3) is 0 Å². The second-order valence-electron chi connectivity index (χ2n) is 3.00. The predicted octanol–water partition coefficient (Wildman–Crippen LogP) is 1.88. The second-order valence-corrected chi connectivity index (χ2v) is 3.00. The van der Waals surface area contributed by atoms with Gasteiger partial charge in [0.1, 0.15) is 5.82 Å². The molecule has 0 amide bonds. The minimum Gasteiger partial charge on any atom is -0.370 e. The molecule has 0 fully saturated rings. The van der Waals surface area contributed by atoms with Crippen LogP contribution in [-0.4, -0.2) is 12.5 Å². The van der Waals surface area contributed by atoms with Gasteiger partial charge < -0.3 is 11.1 Å². The Hall–Kier alpha value is -1.58. The maximum Gasteiger partial charge on any atom is 0.193 e. The summed E-state index contributed by atoms with van der Waals surface area (Å²) in [6.07, 6.45) is 0. The summed E-state index contributed by atoms with van der Waals surface area (Å²) in [4.78, 5) is 3.94. The number of guanidine groups is 1. The summed E-state index contributed by atoms with van der Waals surface area (Å²) in [5.74, 6) is 0.0225. The van der Waals surface area contributed by atoms with Crippen molar-refractivity contribution in [1.82, 2.24) is 0 Å². The Labute approximate surface area is 82.8 Å². The lowest BCUT2D eigenvalue weighted by molar-refractivity contribution is 0.627. The van der Waals surface area contributed by atoms with Gasteiger partial charge in [0, 0.05) is 12.2 Å². The van der Waals surface area contributed by atoms with Gasteiger partial charge in [0.15, 0.2) is 5.96 Å². The van der Waals surface area contributed by atoms with Gasteiger partial charge in [-0.2, -0.15) is 0 Å². The van der Waals surface area contributed by atoms with Gasteiger partial charge in [-0.1, -0.05) is 0 Å². The highest BCUT2D eigenvalue weighted by Gasteiger charge is 1.98. The first-order valence-corrected chi connectivity index (χ1v) is 4.46. The first-order chi connectivity index (χ1) is 6.61. The van der Waals surface area contributed by atoms with E-state index in [1.54, 1.807) is 6.07 Å². The number of hydrogen-bond donors (Lipinski definition) is 2.